The van der Waals surface area contributed by atoms with Crippen LogP contribution < -0.4 is 5.32 Å². The van der Waals surface area contributed by atoms with E-state index in [0.717, 1.165) is 15.7 Å². The Kier molecular flexibility index (Phi) is 8.12. The van der Waals surface area contributed by atoms with E-state index in [4.69, 9.17) is 4.74 Å². The molecular weight excluding hydrogens is 348 g/mol. The van der Waals surface area contributed by atoms with Gasteiger partial charge in [-0.2, -0.15) is 0 Å². The average molecular weight is 371 g/mol. The van der Waals surface area contributed by atoms with Gasteiger partial charge in [0.15, 0.2) is 0 Å². The Morgan fingerprint density at radius 3 is 2.73 bits per heavy atom. The number of benzene rings is 1. The number of hydrogen-bond acceptors (Lipinski definition) is 3. The molecule has 1 aromatic rings. The number of anilines is 1. The number of likely N-dealkylation sites (N-methyl/N-ethyl adjacent to an activating group) is 1. The van der Waals surface area contributed by atoms with E-state index >= 15 is 0 Å². The van der Waals surface area contributed by atoms with Crippen molar-refractivity contribution in [2.45, 2.75) is 26.7 Å². The number of ether oxygens (including phenoxy) is 1. The lowest BCUT2D eigenvalue weighted by atomic mass is 10.2. The smallest absolute Gasteiger partial charge is 0.243 e. The molecule has 0 saturated heterocycles. The Bertz CT molecular complexity index is 520. The molecule has 0 bridgehead atoms. The number of halogens is 1. The summed E-state index contributed by atoms with van der Waals surface area (Å²) in [6.45, 7) is 5.10. The van der Waals surface area contributed by atoms with Gasteiger partial charge < -0.3 is 15.0 Å². The van der Waals surface area contributed by atoms with Crippen molar-refractivity contribution >= 4 is 33.4 Å². The second-order valence-electron chi connectivity index (χ2n) is 5.06. The van der Waals surface area contributed by atoms with Crippen LogP contribution in [0.1, 0.15) is 25.3 Å². The quantitative estimate of drug-likeness (QED) is 0.715. The Hall–Kier alpha value is -1.40. The molecule has 0 aliphatic carbocycles. The minimum Gasteiger partial charge on any atom is -0.382 e. The average Bonchev–Trinajstić information content (AvgIpc) is 2.46. The summed E-state index contributed by atoms with van der Waals surface area (Å²) >= 11 is 3.38. The fourth-order valence-electron chi connectivity index (χ4n) is 1.92. The van der Waals surface area contributed by atoms with Gasteiger partial charge in [-0.05, 0) is 44.0 Å². The van der Waals surface area contributed by atoms with Crippen LogP contribution in [0.15, 0.2) is 22.7 Å². The van der Waals surface area contributed by atoms with E-state index in [-0.39, 0.29) is 18.4 Å². The van der Waals surface area contributed by atoms with Gasteiger partial charge in [0, 0.05) is 36.8 Å². The summed E-state index contributed by atoms with van der Waals surface area (Å²) in [5, 5.41) is 2.82. The van der Waals surface area contributed by atoms with Crippen molar-refractivity contribution in [1.82, 2.24) is 4.90 Å². The number of carbonyl (C=O) groups excluding carboxylic acids is 2. The summed E-state index contributed by atoms with van der Waals surface area (Å²) in [4.78, 5) is 25.3. The highest BCUT2D eigenvalue weighted by Crippen LogP contribution is 2.19. The summed E-state index contributed by atoms with van der Waals surface area (Å²) < 4.78 is 6.16. The second-order valence-corrected chi connectivity index (χ2v) is 5.97. The molecule has 6 heteroatoms. The standard InChI is InChI=1S/C16H23BrN2O3/c1-4-22-9-5-6-16(21)19(3)11-15(20)18-14-8-7-13(17)10-12(14)2/h7-8,10H,4-6,9,11H2,1-3H3,(H,18,20). The lowest BCUT2D eigenvalue weighted by molar-refractivity contribution is -0.133. The first-order chi connectivity index (χ1) is 10.4. The maximum Gasteiger partial charge on any atom is 0.243 e. The molecule has 1 N–H and O–H groups in total. The van der Waals surface area contributed by atoms with Crippen LogP contribution in [0.4, 0.5) is 5.69 Å². The maximum absolute atomic E-state index is 12.0. The van der Waals surface area contributed by atoms with Gasteiger partial charge in [0.05, 0.1) is 6.54 Å². The lowest BCUT2D eigenvalue weighted by Crippen LogP contribution is -2.35. The SMILES string of the molecule is CCOCCCC(=O)N(C)CC(=O)Nc1ccc(Br)cc1C. The first kappa shape index (κ1) is 18.6. The van der Waals surface area contributed by atoms with E-state index in [1.165, 1.54) is 4.90 Å². The molecule has 0 radical (unpaired) electrons. The summed E-state index contributed by atoms with van der Waals surface area (Å²) in [6, 6.07) is 5.63. The van der Waals surface area contributed by atoms with Crippen LogP contribution in [0.5, 0.6) is 0 Å². The van der Waals surface area contributed by atoms with Gasteiger partial charge in [0.25, 0.3) is 0 Å². The van der Waals surface area contributed by atoms with Crippen molar-refractivity contribution in [3.05, 3.63) is 28.2 Å². The first-order valence-electron chi connectivity index (χ1n) is 7.31. The molecule has 0 atom stereocenters. The summed E-state index contributed by atoms with van der Waals surface area (Å²) in [5.74, 6) is -0.256. The molecule has 0 aliphatic heterocycles. The molecular formula is C16H23BrN2O3. The summed E-state index contributed by atoms with van der Waals surface area (Å²) in [7, 11) is 1.64. The Morgan fingerprint density at radius 2 is 2.09 bits per heavy atom. The highest BCUT2D eigenvalue weighted by Gasteiger charge is 2.13. The first-order valence-corrected chi connectivity index (χ1v) is 8.11. The largest absolute Gasteiger partial charge is 0.382 e. The maximum atomic E-state index is 12.0. The predicted octanol–water partition coefficient (Wildman–Crippen LogP) is 2.97. The van der Waals surface area contributed by atoms with Crippen molar-refractivity contribution in [1.29, 1.82) is 0 Å². The minimum absolute atomic E-state index is 0.0446. The molecule has 0 saturated carbocycles. The van der Waals surface area contributed by atoms with E-state index in [1.807, 2.05) is 32.0 Å². The van der Waals surface area contributed by atoms with Crippen LogP contribution in [-0.2, 0) is 14.3 Å². The summed E-state index contributed by atoms with van der Waals surface area (Å²) in [6.07, 6.45) is 1.06. The van der Waals surface area contributed by atoms with Gasteiger partial charge in [-0.3, -0.25) is 9.59 Å². The van der Waals surface area contributed by atoms with E-state index in [1.54, 1.807) is 7.05 Å². The molecule has 0 aliphatic rings. The molecule has 5 nitrogen and oxygen atoms in total. The van der Waals surface area contributed by atoms with Crippen molar-refractivity contribution in [2.24, 2.45) is 0 Å². The Morgan fingerprint density at radius 1 is 1.36 bits per heavy atom. The zero-order chi connectivity index (χ0) is 16.5. The molecule has 1 aromatic carbocycles. The van der Waals surface area contributed by atoms with Crippen LogP contribution in [0.2, 0.25) is 0 Å². The molecule has 1 rings (SSSR count). The van der Waals surface area contributed by atoms with Gasteiger partial charge in [0.2, 0.25) is 11.8 Å². The van der Waals surface area contributed by atoms with E-state index in [2.05, 4.69) is 21.2 Å². The van der Waals surface area contributed by atoms with Crippen molar-refractivity contribution in [3.8, 4) is 0 Å². The Labute approximate surface area is 140 Å². The number of carbonyl (C=O) groups is 2. The number of rotatable bonds is 8. The Balaban J connectivity index is 2.41. The predicted molar refractivity (Wildman–Crippen MR) is 90.9 cm³/mol. The van der Waals surface area contributed by atoms with Crippen molar-refractivity contribution in [2.75, 3.05) is 32.1 Å². The van der Waals surface area contributed by atoms with E-state index < -0.39 is 0 Å². The fourth-order valence-corrected chi connectivity index (χ4v) is 2.40. The van der Waals surface area contributed by atoms with Gasteiger partial charge in [-0.1, -0.05) is 15.9 Å². The highest BCUT2D eigenvalue weighted by atomic mass is 79.9. The van der Waals surface area contributed by atoms with Crippen LogP contribution in [-0.4, -0.2) is 43.5 Å². The highest BCUT2D eigenvalue weighted by molar-refractivity contribution is 9.10. The number of aryl methyl sites for hydroxylation is 1. The van der Waals surface area contributed by atoms with E-state index in [0.29, 0.717) is 26.1 Å². The van der Waals surface area contributed by atoms with Gasteiger partial charge >= 0.3 is 0 Å². The molecule has 0 aromatic heterocycles. The topological polar surface area (TPSA) is 58.6 Å². The van der Waals surface area contributed by atoms with Crippen molar-refractivity contribution in [3.63, 3.8) is 0 Å². The van der Waals surface area contributed by atoms with Crippen LogP contribution in [0.3, 0.4) is 0 Å². The molecule has 2 amide bonds. The van der Waals surface area contributed by atoms with E-state index in [9.17, 15) is 9.59 Å². The van der Waals surface area contributed by atoms with Crippen LogP contribution >= 0.6 is 15.9 Å². The third-order valence-electron chi connectivity index (χ3n) is 3.15. The number of nitrogens with zero attached hydrogens (tertiary/aromatic N) is 1. The van der Waals surface area contributed by atoms with Crippen LogP contribution in [0.25, 0.3) is 0 Å². The third kappa shape index (κ3) is 6.58. The lowest BCUT2D eigenvalue weighted by Gasteiger charge is -2.17. The van der Waals surface area contributed by atoms with Crippen LogP contribution in [0, 0.1) is 6.92 Å². The zero-order valence-electron chi connectivity index (χ0n) is 13.3. The molecule has 0 spiro atoms. The monoisotopic (exact) mass is 370 g/mol. The fraction of sp³-hybridized carbons (Fsp3) is 0.500. The molecule has 22 heavy (non-hydrogen) atoms. The molecule has 0 heterocycles. The molecule has 0 unspecified atom stereocenters. The second kappa shape index (κ2) is 9.58. The number of hydrogen-bond donors (Lipinski definition) is 1. The molecule has 0 fully saturated rings. The minimum atomic E-state index is -0.203. The zero-order valence-corrected chi connectivity index (χ0v) is 14.9. The third-order valence-corrected chi connectivity index (χ3v) is 3.65. The number of amides is 2. The van der Waals surface area contributed by atoms with Gasteiger partial charge in [-0.25, -0.2) is 0 Å². The molecule has 122 valence electrons. The number of nitrogens with one attached hydrogen (secondary N) is 1. The van der Waals surface area contributed by atoms with Gasteiger partial charge in [-0.15, -0.1) is 0 Å². The van der Waals surface area contributed by atoms with Gasteiger partial charge in [0.1, 0.15) is 0 Å². The normalized spacial score (nSPS) is 10.4. The summed E-state index contributed by atoms with van der Waals surface area (Å²) in [5.41, 5.74) is 1.72. The van der Waals surface area contributed by atoms with Crippen molar-refractivity contribution < 1.29 is 14.3 Å².